The van der Waals surface area contributed by atoms with E-state index in [0.717, 1.165) is 6.42 Å². The summed E-state index contributed by atoms with van der Waals surface area (Å²) in [5, 5.41) is 9.63. The molecular weight excluding hydrogens is 301 g/mol. The molecule has 118 valence electrons. The summed E-state index contributed by atoms with van der Waals surface area (Å²) in [5.74, 6) is 0.842. The molecule has 0 spiro atoms. The van der Waals surface area contributed by atoms with Crippen LogP contribution in [0.3, 0.4) is 0 Å². The molecule has 1 fully saturated rings. The highest BCUT2D eigenvalue weighted by Crippen LogP contribution is 2.27. The summed E-state index contributed by atoms with van der Waals surface area (Å²) in [6, 6.07) is 5.49. The first-order chi connectivity index (χ1) is 10.5. The molecule has 2 N–H and O–H groups in total. The number of alkyl halides is 3. The average molecular weight is 314 g/mol. The molecule has 0 bridgehead atoms. The number of anilines is 2. The van der Waals surface area contributed by atoms with Crippen LogP contribution in [0.25, 0.3) is 0 Å². The Morgan fingerprint density at radius 1 is 1.36 bits per heavy atom. The van der Waals surface area contributed by atoms with E-state index in [0.29, 0.717) is 24.7 Å². The Morgan fingerprint density at radius 2 is 2.23 bits per heavy atom. The lowest BCUT2D eigenvalue weighted by molar-refractivity contribution is -0.274. The van der Waals surface area contributed by atoms with Gasteiger partial charge in [0.15, 0.2) is 0 Å². The van der Waals surface area contributed by atoms with Crippen LogP contribution in [-0.2, 0) is 4.74 Å². The Balaban J connectivity index is 1.69. The Bertz CT molecular complexity index is 638. The van der Waals surface area contributed by atoms with Crippen LogP contribution in [0, 0.1) is 0 Å². The molecule has 1 aliphatic rings. The lowest BCUT2D eigenvalue weighted by Crippen LogP contribution is -2.17. The van der Waals surface area contributed by atoms with Gasteiger partial charge in [0.25, 0.3) is 0 Å². The first kappa shape index (κ1) is 14.6. The van der Waals surface area contributed by atoms with Crippen molar-refractivity contribution in [1.29, 1.82) is 0 Å². The zero-order valence-corrected chi connectivity index (χ0v) is 11.4. The number of nitrogens with zero attached hydrogens (tertiary/aromatic N) is 2. The van der Waals surface area contributed by atoms with E-state index in [1.54, 1.807) is 6.07 Å². The van der Waals surface area contributed by atoms with Crippen molar-refractivity contribution in [1.82, 2.24) is 15.2 Å². The summed E-state index contributed by atoms with van der Waals surface area (Å²) in [4.78, 5) is 4.27. The van der Waals surface area contributed by atoms with E-state index in [1.807, 2.05) is 0 Å². The van der Waals surface area contributed by atoms with Gasteiger partial charge in [0.05, 0.1) is 6.61 Å². The maximum absolute atomic E-state index is 12.2. The molecule has 1 aromatic carbocycles. The molecule has 0 amide bonds. The molecule has 1 aromatic heterocycles. The largest absolute Gasteiger partial charge is 0.573 e. The van der Waals surface area contributed by atoms with E-state index < -0.39 is 6.36 Å². The van der Waals surface area contributed by atoms with Gasteiger partial charge >= 0.3 is 6.36 Å². The second kappa shape index (κ2) is 5.84. The number of rotatable bonds is 4. The molecule has 22 heavy (non-hydrogen) atoms. The minimum absolute atomic E-state index is 0.169. The summed E-state index contributed by atoms with van der Waals surface area (Å²) in [5.41, 5.74) is 0.398. The molecule has 0 radical (unpaired) electrons. The highest BCUT2D eigenvalue weighted by molar-refractivity contribution is 5.55. The van der Waals surface area contributed by atoms with E-state index in [1.165, 1.54) is 18.2 Å². The SMILES string of the molecule is FC(F)(F)Oc1cccc(Nc2n[nH]c(C3CCOC3)n2)c1. The van der Waals surface area contributed by atoms with Gasteiger partial charge in [-0.05, 0) is 18.6 Å². The lowest BCUT2D eigenvalue weighted by Gasteiger charge is -2.10. The quantitative estimate of drug-likeness (QED) is 0.908. The van der Waals surface area contributed by atoms with Gasteiger partial charge in [0.1, 0.15) is 11.6 Å². The molecule has 9 heteroatoms. The molecule has 1 saturated heterocycles. The van der Waals surface area contributed by atoms with Gasteiger partial charge in [-0.2, -0.15) is 4.98 Å². The van der Waals surface area contributed by atoms with Gasteiger partial charge in [-0.15, -0.1) is 18.3 Å². The van der Waals surface area contributed by atoms with Crippen molar-refractivity contribution in [2.24, 2.45) is 0 Å². The first-order valence-electron chi connectivity index (χ1n) is 6.62. The Labute approximate surface area is 123 Å². The number of aromatic nitrogens is 3. The van der Waals surface area contributed by atoms with Crippen molar-refractivity contribution in [3.8, 4) is 5.75 Å². The van der Waals surface area contributed by atoms with Crippen LogP contribution >= 0.6 is 0 Å². The Morgan fingerprint density at radius 3 is 2.95 bits per heavy atom. The minimum atomic E-state index is -4.72. The van der Waals surface area contributed by atoms with Gasteiger partial charge in [-0.3, -0.25) is 5.10 Å². The normalized spacial score (nSPS) is 18.4. The van der Waals surface area contributed by atoms with Crippen LogP contribution in [0.4, 0.5) is 24.8 Å². The third-order valence-electron chi connectivity index (χ3n) is 3.14. The monoisotopic (exact) mass is 314 g/mol. The maximum Gasteiger partial charge on any atom is 0.573 e. The van der Waals surface area contributed by atoms with Crippen molar-refractivity contribution in [3.05, 3.63) is 30.1 Å². The van der Waals surface area contributed by atoms with Crippen molar-refractivity contribution in [2.45, 2.75) is 18.7 Å². The van der Waals surface area contributed by atoms with E-state index in [2.05, 4.69) is 25.2 Å². The molecule has 3 rings (SSSR count). The van der Waals surface area contributed by atoms with E-state index >= 15 is 0 Å². The number of hydrogen-bond acceptors (Lipinski definition) is 5. The standard InChI is InChI=1S/C13H13F3N4O2/c14-13(15,16)22-10-3-1-2-9(6-10)17-12-18-11(19-20-12)8-4-5-21-7-8/h1-3,6,8H,4-5,7H2,(H2,17,18,19,20). The maximum atomic E-state index is 12.2. The number of benzene rings is 1. The predicted octanol–water partition coefficient (Wildman–Crippen LogP) is 2.95. The molecule has 0 saturated carbocycles. The highest BCUT2D eigenvalue weighted by atomic mass is 19.4. The van der Waals surface area contributed by atoms with E-state index in [4.69, 9.17) is 4.74 Å². The second-order valence-electron chi connectivity index (χ2n) is 4.81. The first-order valence-corrected chi connectivity index (χ1v) is 6.62. The van der Waals surface area contributed by atoms with E-state index in [9.17, 15) is 13.2 Å². The van der Waals surface area contributed by atoms with Crippen molar-refractivity contribution in [3.63, 3.8) is 0 Å². The Kier molecular flexibility index (Phi) is 3.88. The highest BCUT2D eigenvalue weighted by Gasteiger charge is 2.31. The third kappa shape index (κ3) is 3.67. The van der Waals surface area contributed by atoms with Crippen LogP contribution in [0.2, 0.25) is 0 Å². The van der Waals surface area contributed by atoms with Gasteiger partial charge in [0.2, 0.25) is 5.95 Å². The van der Waals surface area contributed by atoms with Crippen molar-refractivity contribution in [2.75, 3.05) is 18.5 Å². The fourth-order valence-corrected chi connectivity index (χ4v) is 2.16. The molecule has 1 aliphatic heterocycles. The zero-order chi connectivity index (χ0) is 15.6. The van der Waals surface area contributed by atoms with Crippen LogP contribution in [0.1, 0.15) is 18.2 Å². The van der Waals surface area contributed by atoms with Gasteiger partial charge in [-0.1, -0.05) is 6.07 Å². The van der Waals surface area contributed by atoms with Crippen LogP contribution in [0.5, 0.6) is 5.75 Å². The number of nitrogens with one attached hydrogen (secondary N) is 2. The van der Waals surface area contributed by atoms with Gasteiger partial charge in [-0.25, -0.2) is 0 Å². The number of aromatic amines is 1. The van der Waals surface area contributed by atoms with E-state index in [-0.39, 0.29) is 17.6 Å². The average Bonchev–Trinajstić information content (AvgIpc) is 3.07. The van der Waals surface area contributed by atoms with Crippen LogP contribution in [0.15, 0.2) is 24.3 Å². The number of halogens is 3. The van der Waals surface area contributed by atoms with Gasteiger partial charge < -0.3 is 14.8 Å². The summed E-state index contributed by atoms with van der Waals surface area (Å²) >= 11 is 0. The predicted molar refractivity (Wildman–Crippen MR) is 71.0 cm³/mol. The summed E-state index contributed by atoms with van der Waals surface area (Å²) in [6.07, 6.45) is -3.86. The molecule has 6 nitrogen and oxygen atoms in total. The molecule has 0 aliphatic carbocycles. The molecule has 2 heterocycles. The van der Waals surface area contributed by atoms with Crippen LogP contribution in [-0.4, -0.2) is 34.8 Å². The Hall–Kier alpha value is -2.29. The number of ether oxygens (including phenoxy) is 2. The van der Waals surface area contributed by atoms with Crippen LogP contribution < -0.4 is 10.1 Å². The molecule has 2 aromatic rings. The smallest absolute Gasteiger partial charge is 0.406 e. The summed E-state index contributed by atoms with van der Waals surface area (Å²) in [7, 11) is 0. The second-order valence-corrected chi connectivity index (χ2v) is 4.81. The van der Waals surface area contributed by atoms with Gasteiger partial charge in [0, 0.05) is 24.3 Å². The summed E-state index contributed by atoms with van der Waals surface area (Å²) < 4.78 is 45.7. The number of hydrogen-bond donors (Lipinski definition) is 2. The minimum Gasteiger partial charge on any atom is -0.406 e. The fourth-order valence-electron chi connectivity index (χ4n) is 2.16. The number of H-pyrrole nitrogens is 1. The molecule has 1 atom stereocenters. The van der Waals surface area contributed by atoms with Crippen molar-refractivity contribution < 1.29 is 22.6 Å². The lowest BCUT2D eigenvalue weighted by atomic mass is 10.1. The molecular formula is C13H13F3N4O2. The summed E-state index contributed by atoms with van der Waals surface area (Å²) in [6.45, 7) is 1.27. The van der Waals surface area contributed by atoms with Crippen molar-refractivity contribution >= 4 is 11.6 Å². The third-order valence-corrected chi connectivity index (χ3v) is 3.14. The topological polar surface area (TPSA) is 72.1 Å². The molecule has 1 unspecified atom stereocenters. The fraction of sp³-hybridized carbons (Fsp3) is 0.385. The zero-order valence-electron chi connectivity index (χ0n) is 11.4.